The molecule has 4 heteroatoms. The van der Waals surface area contributed by atoms with E-state index < -0.39 is 22.9 Å². The summed E-state index contributed by atoms with van der Waals surface area (Å²) < 4.78 is 0. The summed E-state index contributed by atoms with van der Waals surface area (Å²) in [5.41, 5.74) is 0.446. The Morgan fingerprint density at radius 3 is 2.26 bits per heavy atom. The Bertz CT molecular complexity index is 936. The molecule has 0 unspecified atom stereocenters. The molecule has 5 rings (SSSR count). The number of rotatable bonds is 2. The number of allylic oxidation sites excluding steroid dienone is 2. The third kappa shape index (κ3) is 2.81. The topological polar surface area (TPSA) is 74.6 Å². The molecule has 0 spiro atoms. The van der Waals surface area contributed by atoms with Crippen LogP contribution in [0.25, 0.3) is 0 Å². The molecular formula is C30H46O4. The molecule has 0 aromatic rings. The SMILES string of the molecule is CC1(C)CC[C@]2(C(=O)O)CC[C@@]3(C)C(=CC[C@@H]4[C@@]5(C)CC[C@H](O)[C@@](C)(C=O)[C@@H]5CC[C@]43C)[C@@H]2C1. The molecule has 2 N–H and O–H groups in total. The summed E-state index contributed by atoms with van der Waals surface area (Å²) in [5, 5.41) is 21.3. The number of aldehydes is 1. The zero-order valence-corrected chi connectivity index (χ0v) is 22.2. The predicted molar refractivity (Wildman–Crippen MR) is 133 cm³/mol. The average Bonchev–Trinajstić information content (AvgIpc) is 2.76. The lowest BCUT2D eigenvalue weighted by Crippen LogP contribution is -2.65. The molecule has 34 heavy (non-hydrogen) atoms. The van der Waals surface area contributed by atoms with Crippen molar-refractivity contribution in [2.45, 2.75) is 112 Å². The van der Waals surface area contributed by atoms with Gasteiger partial charge < -0.3 is 15.0 Å². The predicted octanol–water partition coefficient (Wildman–Crippen LogP) is 6.41. The fourth-order valence-electron chi connectivity index (χ4n) is 10.5. The Labute approximate surface area is 206 Å². The van der Waals surface area contributed by atoms with Crippen LogP contribution in [0.15, 0.2) is 11.6 Å². The monoisotopic (exact) mass is 470 g/mol. The number of hydrogen-bond acceptors (Lipinski definition) is 3. The molecule has 4 saturated carbocycles. The summed E-state index contributed by atoms with van der Waals surface area (Å²) in [5.74, 6) is 0.201. The van der Waals surface area contributed by atoms with Crippen LogP contribution in [0.4, 0.5) is 0 Å². The number of carbonyl (C=O) groups excluding carboxylic acids is 1. The van der Waals surface area contributed by atoms with Crippen molar-refractivity contribution < 1.29 is 19.8 Å². The Kier molecular flexibility index (Phi) is 5.20. The highest BCUT2D eigenvalue weighted by atomic mass is 16.4. The summed E-state index contributed by atoms with van der Waals surface area (Å²) in [4.78, 5) is 25.1. The summed E-state index contributed by atoms with van der Waals surface area (Å²) in [6.07, 6.45) is 12.1. The lowest BCUT2D eigenvalue weighted by molar-refractivity contribution is -0.204. The number of hydrogen-bond donors (Lipinski definition) is 2. The minimum Gasteiger partial charge on any atom is -0.481 e. The number of aliphatic carboxylic acids is 1. The molecule has 0 aromatic carbocycles. The van der Waals surface area contributed by atoms with E-state index in [1.807, 2.05) is 6.92 Å². The van der Waals surface area contributed by atoms with E-state index in [4.69, 9.17) is 0 Å². The fourth-order valence-corrected chi connectivity index (χ4v) is 10.5. The van der Waals surface area contributed by atoms with E-state index in [9.17, 15) is 19.8 Å². The van der Waals surface area contributed by atoms with Gasteiger partial charge in [-0.3, -0.25) is 4.79 Å². The maximum atomic E-state index is 12.8. The Morgan fingerprint density at radius 2 is 1.62 bits per heavy atom. The van der Waals surface area contributed by atoms with Crippen molar-refractivity contribution in [1.29, 1.82) is 0 Å². The van der Waals surface area contributed by atoms with E-state index >= 15 is 0 Å². The molecule has 190 valence electrons. The summed E-state index contributed by atoms with van der Waals surface area (Å²) in [6.45, 7) is 14.0. The molecule has 0 bridgehead atoms. The van der Waals surface area contributed by atoms with Gasteiger partial charge >= 0.3 is 5.97 Å². The number of fused-ring (bicyclic) bond motifs is 7. The van der Waals surface area contributed by atoms with E-state index in [0.29, 0.717) is 12.3 Å². The number of aliphatic hydroxyl groups is 1. The van der Waals surface area contributed by atoms with Gasteiger partial charge in [0.15, 0.2) is 0 Å². The zero-order chi connectivity index (χ0) is 24.9. The lowest BCUT2D eigenvalue weighted by atomic mass is 9.33. The van der Waals surface area contributed by atoms with E-state index in [-0.39, 0.29) is 33.5 Å². The van der Waals surface area contributed by atoms with Crippen LogP contribution in [0.1, 0.15) is 106 Å². The molecule has 0 radical (unpaired) electrons. The van der Waals surface area contributed by atoms with Crippen molar-refractivity contribution in [3.8, 4) is 0 Å². The molecule has 9 atom stereocenters. The first-order valence-electron chi connectivity index (χ1n) is 13.8. The molecule has 0 saturated heterocycles. The minimum atomic E-state index is -0.669. The first-order valence-corrected chi connectivity index (χ1v) is 13.8. The second kappa shape index (κ2) is 7.20. The van der Waals surface area contributed by atoms with Gasteiger partial charge in [-0.05, 0) is 104 Å². The summed E-state index contributed by atoms with van der Waals surface area (Å²) in [6, 6.07) is 0. The van der Waals surface area contributed by atoms with Gasteiger partial charge in [0.1, 0.15) is 6.29 Å². The van der Waals surface area contributed by atoms with E-state index in [1.165, 1.54) is 5.57 Å². The Morgan fingerprint density at radius 1 is 0.941 bits per heavy atom. The molecular weight excluding hydrogens is 424 g/mol. The molecule has 0 amide bonds. The maximum absolute atomic E-state index is 12.8. The maximum Gasteiger partial charge on any atom is 0.310 e. The van der Waals surface area contributed by atoms with E-state index in [2.05, 4.69) is 40.7 Å². The van der Waals surface area contributed by atoms with Crippen LogP contribution in [-0.4, -0.2) is 28.6 Å². The van der Waals surface area contributed by atoms with Gasteiger partial charge in [-0.25, -0.2) is 0 Å². The normalized spacial score (nSPS) is 53.9. The van der Waals surface area contributed by atoms with E-state index in [0.717, 1.165) is 64.1 Å². The second-order valence-corrected chi connectivity index (χ2v) is 14.7. The van der Waals surface area contributed by atoms with Gasteiger partial charge in [0.05, 0.1) is 16.9 Å². The Balaban J connectivity index is 1.60. The van der Waals surface area contributed by atoms with Crippen LogP contribution in [0.3, 0.4) is 0 Å². The summed E-state index contributed by atoms with van der Waals surface area (Å²) in [7, 11) is 0. The third-order valence-corrected chi connectivity index (χ3v) is 13.0. The van der Waals surface area contributed by atoms with Crippen LogP contribution in [0.2, 0.25) is 0 Å². The van der Waals surface area contributed by atoms with Crippen molar-refractivity contribution in [3.63, 3.8) is 0 Å². The molecule has 0 aromatic heterocycles. The first-order chi connectivity index (χ1) is 15.7. The van der Waals surface area contributed by atoms with Crippen LogP contribution in [0, 0.1) is 50.2 Å². The molecule has 5 aliphatic rings. The lowest BCUT2D eigenvalue weighted by Gasteiger charge is -2.70. The van der Waals surface area contributed by atoms with Crippen molar-refractivity contribution in [2.75, 3.05) is 0 Å². The van der Waals surface area contributed by atoms with Crippen molar-refractivity contribution in [3.05, 3.63) is 11.6 Å². The first kappa shape index (κ1) is 24.5. The number of carboxylic acids is 1. The largest absolute Gasteiger partial charge is 0.481 e. The Hall–Kier alpha value is -1.16. The number of carbonyl (C=O) groups is 2. The highest BCUT2D eigenvalue weighted by molar-refractivity contribution is 5.76. The molecule has 4 nitrogen and oxygen atoms in total. The van der Waals surface area contributed by atoms with Crippen LogP contribution in [0.5, 0.6) is 0 Å². The van der Waals surface area contributed by atoms with Gasteiger partial charge in [0.25, 0.3) is 0 Å². The van der Waals surface area contributed by atoms with Crippen LogP contribution < -0.4 is 0 Å². The average molecular weight is 471 g/mol. The van der Waals surface area contributed by atoms with Gasteiger partial charge in [0, 0.05) is 0 Å². The zero-order valence-electron chi connectivity index (χ0n) is 22.2. The second-order valence-electron chi connectivity index (χ2n) is 14.7. The smallest absolute Gasteiger partial charge is 0.310 e. The molecule has 0 heterocycles. The van der Waals surface area contributed by atoms with Gasteiger partial charge in [0.2, 0.25) is 0 Å². The fraction of sp³-hybridized carbons (Fsp3) is 0.867. The van der Waals surface area contributed by atoms with E-state index in [1.54, 1.807) is 0 Å². The number of aliphatic hydroxyl groups excluding tert-OH is 1. The van der Waals surface area contributed by atoms with Crippen LogP contribution >= 0.6 is 0 Å². The molecule has 5 aliphatic carbocycles. The number of carboxylic acid groups (broad SMARTS) is 1. The summed E-state index contributed by atoms with van der Waals surface area (Å²) >= 11 is 0. The van der Waals surface area contributed by atoms with Gasteiger partial charge in [-0.15, -0.1) is 0 Å². The van der Waals surface area contributed by atoms with Gasteiger partial charge in [-0.2, -0.15) is 0 Å². The standard InChI is InChI=1S/C30H46O4/c1-25(2)13-15-30(24(33)34)16-14-28(5)19(20(30)17-25)7-8-22-26(3)11-10-23(32)27(4,18-31)21(26)9-12-29(22,28)6/h7,18,20-23,32H,8-17H2,1-6H3,(H,33,34)/t20-,21+,22+,23-,26-,27-,28-,29+,30-/m0/s1. The quantitative estimate of drug-likeness (QED) is 0.361. The third-order valence-electron chi connectivity index (χ3n) is 13.0. The van der Waals surface area contributed by atoms with Crippen molar-refractivity contribution in [1.82, 2.24) is 0 Å². The van der Waals surface area contributed by atoms with Crippen molar-refractivity contribution in [2.24, 2.45) is 50.2 Å². The highest BCUT2D eigenvalue weighted by Crippen LogP contribution is 2.75. The molecule has 4 fully saturated rings. The van der Waals surface area contributed by atoms with Crippen molar-refractivity contribution >= 4 is 12.3 Å². The molecule has 0 aliphatic heterocycles. The highest BCUT2D eigenvalue weighted by Gasteiger charge is 2.69. The van der Waals surface area contributed by atoms with Crippen LogP contribution in [-0.2, 0) is 9.59 Å². The minimum absolute atomic E-state index is 0.00538. The van der Waals surface area contributed by atoms with Gasteiger partial charge in [-0.1, -0.05) is 53.2 Å².